The molecular formula is C15H16ClFN2. The summed E-state index contributed by atoms with van der Waals surface area (Å²) < 4.78 is 13.5. The van der Waals surface area contributed by atoms with Crippen molar-refractivity contribution in [2.75, 3.05) is 12.4 Å². The number of nitrogens with zero attached hydrogens (tertiary/aromatic N) is 1. The van der Waals surface area contributed by atoms with Crippen LogP contribution in [0.1, 0.15) is 30.5 Å². The van der Waals surface area contributed by atoms with Gasteiger partial charge in [-0.1, -0.05) is 18.0 Å². The van der Waals surface area contributed by atoms with Crippen LogP contribution in [0.2, 0.25) is 5.02 Å². The Morgan fingerprint density at radius 3 is 2.79 bits per heavy atom. The topological polar surface area (TPSA) is 24.9 Å². The quantitative estimate of drug-likeness (QED) is 0.785. The number of halogens is 2. The average molecular weight is 279 g/mol. The van der Waals surface area contributed by atoms with Gasteiger partial charge in [0.25, 0.3) is 0 Å². The Morgan fingerprint density at radius 2 is 2.00 bits per heavy atom. The summed E-state index contributed by atoms with van der Waals surface area (Å²) in [5.74, 6) is -0.333. The van der Waals surface area contributed by atoms with Crippen LogP contribution in [0, 0.1) is 5.82 Å². The van der Waals surface area contributed by atoms with Gasteiger partial charge in [0.2, 0.25) is 0 Å². The van der Waals surface area contributed by atoms with E-state index in [4.69, 9.17) is 11.6 Å². The molecule has 0 aliphatic heterocycles. The highest BCUT2D eigenvalue weighted by molar-refractivity contribution is 6.36. The molecule has 0 spiro atoms. The second-order valence-corrected chi connectivity index (χ2v) is 5.41. The average Bonchev–Trinajstić information content (AvgIpc) is 2.60. The fourth-order valence-electron chi connectivity index (χ4n) is 2.93. The first-order chi connectivity index (χ1) is 9.20. The Labute approximate surface area is 117 Å². The van der Waals surface area contributed by atoms with Crippen LogP contribution in [0.4, 0.5) is 10.1 Å². The van der Waals surface area contributed by atoms with Crippen molar-refractivity contribution in [3.63, 3.8) is 0 Å². The lowest BCUT2D eigenvalue weighted by Crippen LogP contribution is -2.04. The van der Waals surface area contributed by atoms with Crippen molar-refractivity contribution < 1.29 is 4.39 Å². The first-order valence-corrected chi connectivity index (χ1v) is 7.06. The minimum absolute atomic E-state index is 0.333. The third kappa shape index (κ3) is 2.16. The lowest BCUT2D eigenvalue weighted by Gasteiger charge is -2.16. The Hall–Kier alpha value is -1.35. The number of fused-ring (bicyclic) bond motifs is 2. The van der Waals surface area contributed by atoms with Gasteiger partial charge in [-0.25, -0.2) is 4.39 Å². The predicted molar refractivity (Wildman–Crippen MR) is 77.5 cm³/mol. The Balaban J connectivity index is 2.36. The second-order valence-electron chi connectivity index (χ2n) is 5.00. The molecule has 0 bridgehead atoms. The van der Waals surface area contributed by atoms with Crippen LogP contribution < -0.4 is 5.32 Å². The molecule has 3 rings (SSSR count). The van der Waals surface area contributed by atoms with Crippen molar-refractivity contribution in [2.45, 2.75) is 32.1 Å². The summed E-state index contributed by atoms with van der Waals surface area (Å²) in [5, 5.41) is 4.51. The van der Waals surface area contributed by atoms with E-state index in [1.54, 1.807) is 0 Å². The van der Waals surface area contributed by atoms with Gasteiger partial charge in [0.05, 0.1) is 10.5 Å². The second kappa shape index (κ2) is 4.97. The lowest BCUT2D eigenvalue weighted by atomic mass is 10.0. The molecule has 0 atom stereocenters. The maximum absolute atomic E-state index is 13.5. The molecule has 1 aromatic heterocycles. The smallest absolute Gasteiger partial charge is 0.126 e. The van der Waals surface area contributed by atoms with Crippen LogP contribution >= 0.6 is 11.6 Å². The molecule has 100 valence electrons. The molecule has 0 amide bonds. The Kier molecular flexibility index (Phi) is 3.31. The number of benzene rings is 1. The molecule has 1 aromatic carbocycles. The zero-order valence-electron chi connectivity index (χ0n) is 10.9. The van der Waals surface area contributed by atoms with Crippen molar-refractivity contribution in [3.8, 4) is 0 Å². The highest BCUT2D eigenvalue weighted by Crippen LogP contribution is 2.36. The van der Waals surface area contributed by atoms with Crippen LogP contribution in [0.15, 0.2) is 12.1 Å². The Bertz CT molecular complexity index is 640. The third-order valence-corrected chi connectivity index (χ3v) is 4.08. The SMILES string of the molecule is CNc1c2c(nc3cc(F)cc(Cl)c13)CCCCC2. The number of hydrogen-bond donors (Lipinski definition) is 1. The van der Waals surface area contributed by atoms with Gasteiger partial charge in [-0.3, -0.25) is 4.98 Å². The molecule has 1 aliphatic carbocycles. The van der Waals surface area contributed by atoms with Gasteiger partial charge in [0.15, 0.2) is 0 Å². The van der Waals surface area contributed by atoms with Gasteiger partial charge in [0, 0.05) is 29.9 Å². The molecule has 1 N–H and O–H groups in total. The molecule has 19 heavy (non-hydrogen) atoms. The fourth-order valence-corrected chi connectivity index (χ4v) is 3.22. The molecule has 0 radical (unpaired) electrons. The maximum atomic E-state index is 13.5. The van der Waals surface area contributed by atoms with E-state index in [1.165, 1.54) is 30.5 Å². The summed E-state index contributed by atoms with van der Waals surface area (Å²) in [6.45, 7) is 0. The molecule has 0 fully saturated rings. The number of aromatic nitrogens is 1. The number of nitrogens with one attached hydrogen (secondary N) is 1. The molecule has 0 unspecified atom stereocenters. The number of hydrogen-bond acceptors (Lipinski definition) is 2. The molecule has 0 saturated carbocycles. The van der Waals surface area contributed by atoms with Crippen LogP contribution in [0.3, 0.4) is 0 Å². The van der Waals surface area contributed by atoms with Crippen LogP contribution in [-0.2, 0) is 12.8 Å². The predicted octanol–water partition coefficient (Wildman–Crippen LogP) is 4.34. The van der Waals surface area contributed by atoms with E-state index in [9.17, 15) is 4.39 Å². The molecule has 4 heteroatoms. The minimum Gasteiger partial charge on any atom is -0.387 e. The standard InChI is InChI=1S/C15H16ClFN2/c1-18-15-10-5-3-2-4-6-12(10)19-13-8-9(17)7-11(16)14(13)15/h7-8H,2-6H2,1H3,(H,18,19). The molecule has 0 saturated heterocycles. The maximum Gasteiger partial charge on any atom is 0.126 e. The van der Waals surface area contributed by atoms with E-state index in [0.717, 1.165) is 36.0 Å². The third-order valence-electron chi connectivity index (χ3n) is 3.78. The van der Waals surface area contributed by atoms with Gasteiger partial charge in [-0.2, -0.15) is 0 Å². The Morgan fingerprint density at radius 1 is 1.21 bits per heavy atom. The normalized spacial score (nSPS) is 15.1. The van der Waals surface area contributed by atoms with E-state index in [0.29, 0.717) is 10.5 Å². The molecule has 2 aromatic rings. The van der Waals surface area contributed by atoms with Gasteiger partial charge in [-0.05, 0) is 37.3 Å². The van der Waals surface area contributed by atoms with E-state index in [1.807, 2.05) is 7.05 Å². The number of aryl methyl sites for hydroxylation is 1. The van der Waals surface area contributed by atoms with Crippen LogP contribution in [-0.4, -0.2) is 12.0 Å². The summed E-state index contributed by atoms with van der Waals surface area (Å²) in [6.07, 6.45) is 5.53. The highest BCUT2D eigenvalue weighted by atomic mass is 35.5. The van der Waals surface area contributed by atoms with Gasteiger partial charge in [0.1, 0.15) is 5.82 Å². The zero-order valence-corrected chi connectivity index (χ0v) is 11.6. The van der Waals surface area contributed by atoms with E-state index < -0.39 is 0 Å². The zero-order chi connectivity index (χ0) is 13.4. The first kappa shape index (κ1) is 12.7. The van der Waals surface area contributed by atoms with Crippen molar-refractivity contribution in [1.29, 1.82) is 0 Å². The van der Waals surface area contributed by atoms with Crippen LogP contribution in [0.5, 0.6) is 0 Å². The highest BCUT2D eigenvalue weighted by Gasteiger charge is 2.18. The number of pyridine rings is 1. The van der Waals surface area contributed by atoms with Crippen molar-refractivity contribution in [1.82, 2.24) is 4.98 Å². The molecule has 1 heterocycles. The van der Waals surface area contributed by atoms with Crippen molar-refractivity contribution in [2.24, 2.45) is 0 Å². The summed E-state index contributed by atoms with van der Waals surface area (Å²) in [6, 6.07) is 2.82. The molecule has 1 aliphatic rings. The summed E-state index contributed by atoms with van der Waals surface area (Å²) in [5.41, 5.74) is 4.01. The van der Waals surface area contributed by atoms with Crippen molar-refractivity contribution in [3.05, 3.63) is 34.2 Å². The van der Waals surface area contributed by atoms with Gasteiger partial charge < -0.3 is 5.32 Å². The molecule has 2 nitrogen and oxygen atoms in total. The minimum atomic E-state index is -0.333. The molecular weight excluding hydrogens is 263 g/mol. The number of rotatable bonds is 1. The van der Waals surface area contributed by atoms with Crippen molar-refractivity contribution >= 4 is 28.2 Å². The van der Waals surface area contributed by atoms with Crippen LogP contribution in [0.25, 0.3) is 10.9 Å². The van der Waals surface area contributed by atoms with E-state index in [-0.39, 0.29) is 5.82 Å². The first-order valence-electron chi connectivity index (χ1n) is 6.69. The summed E-state index contributed by atoms with van der Waals surface area (Å²) in [4.78, 5) is 4.64. The van der Waals surface area contributed by atoms with Gasteiger partial charge in [-0.15, -0.1) is 0 Å². The summed E-state index contributed by atoms with van der Waals surface area (Å²) >= 11 is 6.21. The number of anilines is 1. The monoisotopic (exact) mass is 278 g/mol. The fraction of sp³-hybridized carbons (Fsp3) is 0.400. The van der Waals surface area contributed by atoms with E-state index >= 15 is 0 Å². The van der Waals surface area contributed by atoms with Gasteiger partial charge >= 0.3 is 0 Å². The summed E-state index contributed by atoms with van der Waals surface area (Å²) in [7, 11) is 1.89. The largest absolute Gasteiger partial charge is 0.387 e. The lowest BCUT2D eigenvalue weighted by molar-refractivity contribution is 0.629. The van der Waals surface area contributed by atoms with E-state index in [2.05, 4.69) is 10.3 Å².